The minimum absolute atomic E-state index is 0.243. The lowest BCUT2D eigenvalue weighted by Gasteiger charge is -2.16. The van der Waals surface area contributed by atoms with E-state index in [9.17, 15) is 4.39 Å². The van der Waals surface area contributed by atoms with E-state index in [-0.39, 0.29) is 10.9 Å². The monoisotopic (exact) mass is 350 g/mol. The number of anilines is 2. The van der Waals surface area contributed by atoms with Gasteiger partial charge in [-0.15, -0.1) is 0 Å². The zero-order valence-corrected chi connectivity index (χ0v) is 14.7. The third-order valence-corrected chi connectivity index (χ3v) is 3.50. The van der Waals surface area contributed by atoms with Crippen LogP contribution in [-0.2, 0) is 0 Å². The van der Waals surface area contributed by atoms with E-state index in [0.717, 1.165) is 5.56 Å². The molecule has 128 valence electrons. The molecule has 24 heavy (non-hydrogen) atoms. The van der Waals surface area contributed by atoms with Gasteiger partial charge in [0.05, 0.1) is 27.0 Å². The predicted molar refractivity (Wildman–Crippen MR) is 97.1 cm³/mol. The fraction of sp³-hybridized carbons (Fsp3) is 0.235. The van der Waals surface area contributed by atoms with Crippen molar-refractivity contribution < 1.29 is 18.6 Å². The second kappa shape index (κ2) is 7.83. The molecule has 0 aromatic heterocycles. The second-order valence-corrected chi connectivity index (χ2v) is 5.38. The zero-order chi connectivity index (χ0) is 17.7. The Morgan fingerprint density at radius 2 is 1.58 bits per heavy atom. The first-order valence-electron chi connectivity index (χ1n) is 7.12. The molecule has 0 saturated heterocycles. The molecule has 0 spiro atoms. The van der Waals surface area contributed by atoms with Crippen LogP contribution in [0.3, 0.4) is 0 Å². The maximum atomic E-state index is 13.9. The van der Waals surface area contributed by atoms with E-state index in [0.29, 0.717) is 28.6 Å². The number of hydrogen-bond acceptors (Lipinski definition) is 4. The summed E-state index contributed by atoms with van der Waals surface area (Å²) in [5.41, 5.74) is 1.75. The minimum atomic E-state index is -0.371. The van der Waals surface area contributed by atoms with Crippen molar-refractivity contribution in [3.8, 4) is 17.2 Å². The zero-order valence-electron chi connectivity index (χ0n) is 13.9. The van der Waals surface area contributed by atoms with Crippen molar-refractivity contribution in [3.63, 3.8) is 0 Å². The normalized spacial score (nSPS) is 10.0. The molecule has 0 bridgehead atoms. The molecule has 2 N–H and O–H groups in total. The number of methoxy groups -OCH3 is 3. The summed E-state index contributed by atoms with van der Waals surface area (Å²) in [4.78, 5) is 0. The Hall–Kier alpha value is -2.54. The summed E-state index contributed by atoms with van der Waals surface area (Å²) in [5.74, 6) is 1.09. The van der Waals surface area contributed by atoms with Gasteiger partial charge in [0.1, 0.15) is 5.82 Å². The van der Waals surface area contributed by atoms with Crippen LogP contribution in [0.25, 0.3) is 0 Å². The van der Waals surface area contributed by atoms with Gasteiger partial charge in [0, 0.05) is 17.8 Å². The van der Waals surface area contributed by atoms with Gasteiger partial charge in [-0.1, -0.05) is 6.07 Å². The number of aryl methyl sites for hydroxylation is 1. The molecule has 7 heteroatoms. The molecular weight excluding hydrogens is 331 g/mol. The summed E-state index contributed by atoms with van der Waals surface area (Å²) in [7, 11) is 4.58. The summed E-state index contributed by atoms with van der Waals surface area (Å²) < 4.78 is 29.7. The molecule has 0 aliphatic rings. The number of nitrogens with one attached hydrogen (secondary N) is 2. The fourth-order valence-electron chi connectivity index (χ4n) is 2.16. The van der Waals surface area contributed by atoms with Crippen LogP contribution in [0.4, 0.5) is 15.8 Å². The summed E-state index contributed by atoms with van der Waals surface area (Å²) in [5, 5.41) is 6.04. The van der Waals surface area contributed by atoms with Crippen LogP contribution in [0.15, 0.2) is 30.3 Å². The average Bonchev–Trinajstić information content (AvgIpc) is 2.56. The van der Waals surface area contributed by atoms with Gasteiger partial charge in [0.2, 0.25) is 5.75 Å². The van der Waals surface area contributed by atoms with Crippen molar-refractivity contribution in [2.24, 2.45) is 0 Å². The van der Waals surface area contributed by atoms with Crippen LogP contribution in [0.5, 0.6) is 17.2 Å². The van der Waals surface area contributed by atoms with Crippen molar-refractivity contribution in [2.45, 2.75) is 6.92 Å². The number of rotatable bonds is 5. The minimum Gasteiger partial charge on any atom is -0.493 e. The van der Waals surface area contributed by atoms with Gasteiger partial charge in [-0.05, 0) is 36.8 Å². The Labute approximate surface area is 145 Å². The molecule has 2 aromatic rings. The quantitative estimate of drug-likeness (QED) is 0.796. The Bertz CT molecular complexity index is 728. The van der Waals surface area contributed by atoms with Crippen LogP contribution >= 0.6 is 12.2 Å². The summed E-state index contributed by atoms with van der Waals surface area (Å²) in [6.07, 6.45) is 0. The summed E-state index contributed by atoms with van der Waals surface area (Å²) in [6.45, 7) is 1.82. The van der Waals surface area contributed by atoms with Crippen LogP contribution in [0, 0.1) is 12.7 Å². The van der Waals surface area contributed by atoms with Crippen molar-refractivity contribution in [2.75, 3.05) is 32.0 Å². The van der Waals surface area contributed by atoms with Gasteiger partial charge in [0.15, 0.2) is 16.6 Å². The molecule has 0 radical (unpaired) electrons. The van der Waals surface area contributed by atoms with Crippen LogP contribution in [0.1, 0.15) is 5.56 Å². The van der Waals surface area contributed by atoms with E-state index in [1.165, 1.54) is 27.4 Å². The molecule has 5 nitrogen and oxygen atoms in total. The van der Waals surface area contributed by atoms with Crippen LogP contribution in [-0.4, -0.2) is 26.4 Å². The third kappa shape index (κ3) is 4.05. The Kier molecular flexibility index (Phi) is 5.81. The summed E-state index contributed by atoms with van der Waals surface area (Å²) >= 11 is 5.23. The van der Waals surface area contributed by atoms with E-state index < -0.39 is 0 Å². The summed E-state index contributed by atoms with van der Waals surface area (Å²) in [6, 6.07) is 8.29. The maximum absolute atomic E-state index is 13.9. The number of ether oxygens (including phenoxy) is 3. The molecule has 0 heterocycles. The molecule has 2 aromatic carbocycles. The molecule has 0 unspecified atom stereocenters. The first-order chi connectivity index (χ1) is 11.5. The van der Waals surface area contributed by atoms with Crippen molar-refractivity contribution in [1.82, 2.24) is 0 Å². The maximum Gasteiger partial charge on any atom is 0.203 e. The highest BCUT2D eigenvalue weighted by atomic mass is 32.1. The number of hydrogen-bond donors (Lipinski definition) is 2. The van der Waals surface area contributed by atoms with E-state index in [2.05, 4.69) is 10.6 Å². The highest BCUT2D eigenvalue weighted by Gasteiger charge is 2.14. The third-order valence-electron chi connectivity index (χ3n) is 3.30. The second-order valence-electron chi connectivity index (χ2n) is 4.98. The van der Waals surface area contributed by atoms with E-state index in [1.807, 2.05) is 6.92 Å². The lowest BCUT2D eigenvalue weighted by atomic mass is 10.2. The first kappa shape index (κ1) is 17.8. The first-order valence-corrected chi connectivity index (χ1v) is 7.53. The molecule has 0 saturated carbocycles. The van der Waals surface area contributed by atoms with E-state index in [1.54, 1.807) is 24.3 Å². The lowest BCUT2D eigenvalue weighted by molar-refractivity contribution is 0.324. The van der Waals surface area contributed by atoms with Crippen LogP contribution < -0.4 is 24.8 Å². The SMILES string of the molecule is COc1cc(NC(=S)Nc2ccc(C)cc2F)cc(OC)c1OC. The van der Waals surface area contributed by atoms with E-state index >= 15 is 0 Å². The Morgan fingerprint density at radius 1 is 0.958 bits per heavy atom. The predicted octanol–water partition coefficient (Wildman–Crippen LogP) is 3.97. The van der Waals surface area contributed by atoms with Gasteiger partial charge >= 0.3 is 0 Å². The molecule has 0 atom stereocenters. The Balaban J connectivity index is 2.19. The molecule has 0 aliphatic carbocycles. The molecule has 2 rings (SSSR count). The highest BCUT2D eigenvalue weighted by molar-refractivity contribution is 7.80. The topological polar surface area (TPSA) is 51.8 Å². The molecule has 0 amide bonds. The fourth-order valence-corrected chi connectivity index (χ4v) is 2.39. The van der Waals surface area contributed by atoms with Gasteiger partial charge in [-0.25, -0.2) is 4.39 Å². The lowest BCUT2D eigenvalue weighted by Crippen LogP contribution is -2.20. The number of benzene rings is 2. The van der Waals surface area contributed by atoms with Gasteiger partial charge < -0.3 is 24.8 Å². The van der Waals surface area contributed by atoms with Gasteiger partial charge in [0.25, 0.3) is 0 Å². The highest BCUT2D eigenvalue weighted by Crippen LogP contribution is 2.39. The van der Waals surface area contributed by atoms with Gasteiger partial charge in [-0.3, -0.25) is 0 Å². The largest absolute Gasteiger partial charge is 0.493 e. The van der Waals surface area contributed by atoms with Gasteiger partial charge in [-0.2, -0.15) is 0 Å². The van der Waals surface area contributed by atoms with Crippen LogP contribution in [0.2, 0.25) is 0 Å². The van der Waals surface area contributed by atoms with Crippen molar-refractivity contribution in [3.05, 3.63) is 41.7 Å². The smallest absolute Gasteiger partial charge is 0.203 e. The number of thiocarbonyl (C=S) groups is 1. The van der Waals surface area contributed by atoms with Crippen molar-refractivity contribution in [1.29, 1.82) is 0 Å². The standard InChI is InChI=1S/C17H19FN2O3S/c1-10-5-6-13(12(18)7-10)20-17(24)19-11-8-14(21-2)16(23-4)15(9-11)22-3/h5-9H,1-4H3,(H2,19,20,24). The molecule has 0 fully saturated rings. The molecule has 0 aliphatic heterocycles. The van der Waals surface area contributed by atoms with Crippen molar-refractivity contribution >= 4 is 28.7 Å². The number of halogens is 1. The molecular formula is C17H19FN2O3S. The Morgan fingerprint density at radius 3 is 2.08 bits per heavy atom. The average molecular weight is 350 g/mol. The van der Waals surface area contributed by atoms with E-state index in [4.69, 9.17) is 26.4 Å².